The first-order valence-corrected chi connectivity index (χ1v) is 7.13. The molecule has 0 amide bonds. The third kappa shape index (κ3) is 3.29. The van der Waals surface area contributed by atoms with E-state index in [1.807, 2.05) is 0 Å². The predicted molar refractivity (Wildman–Crippen MR) is 74.6 cm³/mol. The van der Waals surface area contributed by atoms with Gasteiger partial charge in [-0.2, -0.15) is 0 Å². The van der Waals surface area contributed by atoms with E-state index in [1.165, 1.54) is 5.56 Å². The molecule has 1 fully saturated rings. The first-order chi connectivity index (χ1) is 7.65. The highest BCUT2D eigenvalue weighted by molar-refractivity contribution is 9.13. The van der Waals surface area contributed by atoms with Crippen molar-refractivity contribution >= 4 is 31.9 Å². The summed E-state index contributed by atoms with van der Waals surface area (Å²) < 4.78 is 2.25. The molecule has 1 aromatic rings. The number of halogens is 2. The number of rotatable bonds is 2. The molecule has 0 bridgehead atoms. The number of hydrogen-bond acceptors (Lipinski definition) is 2. The van der Waals surface area contributed by atoms with Crippen LogP contribution in [-0.2, 0) is 6.54 Å². The van der Waals surface area contributed by atoms with Crippen LogP contribution in [0, 0.1) is 0 Å². The molecule has 0 spiro atoms. The maximum absolute atomic E-state index is 3.54. The van der Waals surface area contributed by atoms with Crippen LogP contribution in [0.3, 0.4) is 0 Å². The molecular formula is C12H16Br2N2. The van der Waals surface area contributed by atoms with Gasteiger partial charge in [-0.25, -0.2) is 0 Å². The van der Waals surface area contributed by atoms with Gasteiger partial charge in [0.05, 0.1) is 0 Å². The lowest BCUT2D eigenvalue weighted by molar-refractivity contribution is 0.199. The van der Waals surface area contributed by atoms with Crippen LogP contribution in [0.4, 0.5) is 0 Å². The van der Waals surface area contributed by atoms with Crippen molar-refractivity contribution in [3.05, 3.63) is 32.7 Å². The molecule has 1 atom stereocenters. The van der Waals surface area contributed by atoms with Gasteiger partial charge in [0.2, 0.25) is 0 Å². The maximum Gasteiger partial charge on any atom is 0.0320 e. The summed E-state index contributed by atoms with van der Waals surface area (Å²) in [4.78, 5) is 2.50. The van der Waals surface area contributed by atoms with Crippen LogP contribution in [0.25, 0.3) is 0 Å². The smallest absolute Gasteiger partial charge is 0.0320 e. The molecule has 0 saturated carbocycles. The van der Waals surface area contributed by atoms with Crippen LogP contribution in [-0.4, -0.2) is 30.6 Å². The van der Waals surface area contributed by atoms with Crippen LogP contribution in [0.15, 0.2) is 27.1 Å². The maximum atomic E-state index is 3.54. The van der Waals surface area contributed by atoms with Crippen molar-refractivity contribution in [2.24, 2.45) is 0 Å². The largest absolute Gasteiger partial charge is 0.312 e. The van der Waals surface area contributed by atoms with E-state index in [4.69, 9.17) is 0 Å². The third-order valence-corrected chi connectivity index (χ3v) is 4.72. The highest BCUT2D eigenvalue weighted by Gasteiger charge is 2.15. The Morgan fingerprint density at radius 1 is 1.38 bits per heavy atom. The van der Waals surface area contributed by atoms with E-state index in [0.717, 1.165) is 35.1 Å². The molecule has 1 saturated heterocycles. The first kappa shape index (κ1) is 12.6. The fourth-order valence-corrected chi connectivity index (χ4v) is 2.72. The first-order valence-electron chi connectivity index (χ1n) is 5.55. The van der Waals surface area contributed by atoms with Crippen molar-refractivity contribution in [2.75, 3.05) is 19.6 Å². The Labute approximate surface area is 114 Å². The summed E-state index contributed by atoms with van der Waals surface area (Å²) >= 11 is 7.04. The minimum atomic E-state index is 0.604. The van der Waals surface area contributed by atoms with E-state index < -0.39 is 0 Å². The Morgan fingerprint density at radius 2 is 2.19 bits per heavy atom. The lowest BCUT2D eigenvalue weighted by Crippen LogP contribution is -2.48. The lowest BCUT2D eigenvalue weighted by atomic mass is 10.1. The molecule has 1 heterocycles. The van der Waals surface area contributed by atoms with Crippen molar-refractivity contribution < 1.29 is 0 Å². The second-order valence-electron chi connectivity index (χ2n) is 4.34. The highest BCUT2D eigenvalue weighted by Crippen LogP contribution is 2.24. The summed E-state index contributed by atoms with van der Waals surface area (Å²) in [6, 6.07) is 7.08. The second-order valence-corrected chi connectivity index (χ2v) is 6.05. The summed E-state index contributed by atoms with van der Waals surface area (Å²) in [6.45, 7) is 6.64. The van der Waals surface area contributed by atoms with Gasteiger partial charge < -0.3 is 5.32 Å². The molecule has 1 aliphatic heterocycles. The molecule has 0 aromatic heterocycles. The van der Waals surface area contributed by atoms with E-state index in [1.54, 1.807) is 0 Å². The van der Waals surface area contributed by atoms with Crippen LogP contribution < -0.4 is 5.32 Å². The van der Waals surface area contributed by atoms with Gasteiger partial charge in [-0.05, 0) is 56.5 Å². The van der Waals surface area contributed by atoms with Gasteiger partial charge in [0.25, 0.3) is 0 Å². The van der Waals surface area contributed by atoms with E-state index in [-0.39, 0.29) is 0 Å². The second kappa shape index (κ2) is 5.63. The predicted octanol–water partition coefficient (Wildman–Crippen LogP) is 3.01. The zero-order valence-corrected chi connectivity index (χ0v) is 12.5. The molecule has 1 aromatic carbocycles. The molecule has 2 rings (SSSR count). The quantitative estimate of drug-likeness (QED) is 0.884. The van der Waals surface area contributed by atoms with Gasteiger partial charge in [0.1, 0.15) is 0 Å². The van der Waals surface area contributed by atoms with E-state index in [2.05, 4.69) is 67.2 Å². The Hall–Kier alpha value is 0.1000. The van der Waals surface area contributed by atoms with Crippen LogP contribution in [0.1, 0.15) is 12.5 Å². The standard InChI is InChI=1S/C12H16Br2N2/c1-9-7-16(5-4-15-9)8-10-2-3-11(13)12(14)6-10/h2-3,6,9,15H,4-5,7-8H2,1H3/t9-/m1/s1. The summed E-state index contributed by atoms with van der Waals surface area (Å²) in [5, 5.41) is 3.46. The highest BCUT2D eigenvalue weighted by atomic mass is 79.9. The van der Waals surface area contributed by atoms with E-state index in [0.29, 0.717) is 6.04 Å². The van der Waals surface area contributed by atoms with Gasteiger partial charge in [-0.1, -0.05) is 6.07 Å². The average molecular weight is 348 g/mol. The fraction of sp³-hybridized carbons (Fsp3) is 0.500. The Balaban J connectivity index is 2.00. The molecule has 0 aliphatic carbocycles. The van der Waals surface area contributed by atoms with Gasteiger partial charge in [-0.15, -0.1) is 0 Å². The summed E-state index contributed by atoms with van der Waals surface area (Å²) in [6.07, 6.45) is 0. The molecule has 2 nitrogen and oxygen atoms in total. The summed E-state index contributed by atoms with van der Waals surface area (Å²) in [5.41, 5.74) is 1.36. The number of benzene rings is 1. The van der Waals surface area contributed by atoms with Crippen molar-refractivity contribution in [2.45, 2.75) is 19.5 Å². The number of nitrogens with one attached hydrogen (secondary N) is 1. The van der Waals surface area contributed by atoms with Crippen molar-refractivity contribution in [1.29, 1.82) is 0 Å². The van der Waals surface area contributed by atoms with Gasteiger partial charge in [0.15, 0.2) is 0 Å². The van der Waals surface area contributed by atoms with Gasteiger partial charge >= 0.3 is 0 Å². The molecule has 1 aliphatic rings. The molecule has 1 N–H and O–H groups in total. The normalized spacial score (nSPS) is 22.3. The van der Waals surface area contributed by atoms with Crippen molar-refractivity contribution in [3.63, 3.8) is 0 Å². The molecule has 4 heteroatoms. The minimum absolute atomic E-state index is 0.604. The molecule has 0 unspecified atom stereocenters. The zero-order chi connectivity index (χ0) is 11.5. The molecular weight excluding hydrogens is 332 g/mol. The van der Waals surface area contributed by atoms with Crippen molar-refractivity contribution in [1.82, 2.24) is 10.2 Å². The monoisotopic (exact) mass is 346 g/mol. The van der Waals surface area contributed by atoms with Gasteiger partial charge in [-0.3, -0.25) is 4.90 Å². The molecule has 88 valence electrons. The summed E-state index contributed by atoms with van der Waals surface area (Å²) in [7, 11) is 0. The van der Waals surface area contributed by atoms with Crippen LogP contribution >= 0.6 is 31.9 Å². The number of piperazine rings is 1. The van der Waals surface area contributed by atoms with Crippen LogP contribution in [0.5, 0.6) is 0 Å². The Kier molecular flexibility index (Phi) is 4.41. The van der Waals surface area contributed by atoms with E-state index in [9.17, 15) is 0 Å². The van der Waals surface area contributed by atoms with Crippen molar-refractivity contribution in [3.8, 4) is 0 Å². The van der Waals surface area contributed by atoms with E-state index >= 15 is 0 Å². The van der Waals surface area contributed by atoms with Gasteiger partial charge in [0, 0.05) is 41.2 Å². The lowest BCUT2D eigenvalue weighted by Gasteiger charge is -2.31. The third-order valence-electron chi connectivity index (χ3n) is 2.84. The Morgan fingerprint density at radius 3 is 2.88 bits per heavy atom. The minimum Gasteiger partial charge on any atom is -0.312 e. The number of hydrogen-bond donors (Lipinski definition) is 1. The topological polar surface area (TPSA) is 15.3 Å². The Bertz CT molecular complexity index is 368. The molecule has 0 radical (unpaired) electrons. The number of nitrogens with zero attached hydrogens (tertiary/aromatic N) is 1. The SMILES string of the molecule is C[C@@H]1CN(Cc2ccc(Br)c(Br)c2)CCN1. The average Bonchev–Trinajstić information content (AvgIpc) is 2.24. The summed E-state index contributed by atoms with van der Waals surface area (Å²) in [5.74, 6) is 0. The van der Waals surface area contributed by atoms with Crippen LogP contribution in [0.2, 0.25) is 0 Å². The molecule has 16 heavy (non-hydrogen) atoms. The fourth-order valence-electron chi connectivity index (χ4n) is 2.05. The zero-order valence-electron chi connectivity index (χ0n) is 9.34.